The number of hydrogen-bond acceptors (Lipinski definition) is 0. The highest BCUT2D eigenvalue weighted by Crippen LogP contribution is 2.49. The molecule has 1 fully saturated rings. The maximum atomic E-state index is 2.39. The molecule has 0 amide bonds. The Morgan fingerprint density at radius 3 is 2.46 bits per heavy atom. The Morgan fingerprint density at radius 2 is 1.85 bits per heavy atom. The van der Waals surface area contributed by atoms with E-state index < -0.39 is 0 Å². The Morgan fingerprint density at radius 1 is 1.00 bits per heavy atom. The molecule has 2 unspecified atom stereocenters. The molecule has 1 aromatic rings. The van der Waals surface area contributed by atoms with Crippen LogP contribution in [-0.2, 0) is 0 Å². The molecule has 0 heteroatoms. The van der Waals surface area contributed by atoms with Crippen LogP contribution in [0.3, 0.4) is 0 Å². The first-order valence-corrected chi connectivity index (χ1v) is 5.01. The molecule has 0 aromatic heterocycles. The van der Waals surface area contributed by atoms with E-state index in [0.29, 0.717) is 0 Å². The molecule has 0 spiro atoms. The molecule has 0 saturated heterocycles. The van der Waals surface area contributed by atoms with E-state index in [9.17, 15) is 0 Å². The molecule has 0 aliphatic heterocycles. The third kappa shape index (κ3) is 1.13. The van der Waals surface area contributed by atoms with Crippen molar-refractivity contribution in [3.05, 3.63) is 54.0 Å². The highest BCUT2D eigenvalue weighted by molar-refractivity contribution is 5.35. The predicted octanol–water partition coefficient (Wildman–Crippen LogP) is 3.32. The summed E-state index contributed by atoms with van der Waals surface area (Å²) in [6.45, 7) is 0. The molecule has 2 aliphatic rings. The van der Waals surface area contributed by atoms with Crippen molar-refractivity contribution < 1.29 is 0 Å². The van der Waals surface area contributed by atoms with Crippen molar-refractivity contribution >= 4 is 0 Å². The van der Waals surface area contributed by atoms with Crippen molar-refractivity contribution in [1.82, 2.24) is 0 Å². The lowest BCUT2D eigenvalue weighted by Gasteiger charge is -2.17. The van der Waals surface area contributed by atoms with E-state index in [-0.39, 0.29) is 0 Å². The van der Waals surface area contributed by atoms with Gasteiger partial charge >= 0.3 is 0 Å². The van der Waals surface area contributed by atoms with Gasteiger partial charge in [0.2, 0.25) is 0 Å². The zero-order valence-corrected chi connectivity index (χ0v) is 7.61. The van der Waals surface area contributed by atoms with E-state index in [1.807, 2.05) is 0 Å². The Kier molecular flexibility index (Phi) is 1.55. The first-order valence-electron chi connectivity index (χ1n) is 5.01. The van der Waals surface area contributed by atoms with Gasteiger partial charge in [-0.2, -0.15) is 0 Å². The fourth-order valence-electron chi connectivity index (χ4n) is 2.63. The topological polar surface area (TPSA) is 0 Å². The molecule has 0 heterocycles. The minimum Gasteiger partial charge on any atom is -0.0842 e. The van der Waals surface area contributed by atoms with Crippen LogP contribution >= 0.6 is 0 Å². The summed E-state index contributed by atoms with van der Waals surface area (Å²) < 4.78 is 0. The minimum atomic E-state index is 0.779. The second-order valence-electron chi connectivity index (χ2n) is 4.11. The molecule has 1 aromatic carbocycles. The quantitative estimate of drug-likeness (QED) is 0.605. The van der Waals surface area contributed by atoms with Crippen LogP contribution in [0.4, 0.5) is 0 Å². The number of benzene rings is 1. The highest BCUT2D eigenvalue weighted by atomic mass is 14.4. The fraction of sp³-hybridized carbons (Fsp3) is 0.308. The van der Waals surface area contributed by atoms with Crippen LogP contribution in [0.5, 0.6) is 0 Å². The van der Waals surface area contributed by atoms with Gasteiger partial charge in [-0.25, -0.2) is 0 Å². The Bertz CT molecular complexity index is 323. The lowest BCUT2D eigenvalue weighted by molar-refractivity contribution is 0.591. The summed E-state index contributed by atoms with van der Waals surface area (Å²) in [5.74, 6) is 3.23. The van der Waals surface area contributed by atoms with Crippen LogP contribution in [0, 0.1) is 11.8 Å². The van der Waals surface area contributed by atoms with E-state index >= 15 is 0 Å². The van der Waals surface area contributed by atoms with Gasteiger partial charge in [0.15, 0.2) is 0 Å². The summed E-state index contributed by atoms with van der Waals surface area (Å²) in [4.78, 5) is 0. The van der Waals surface area contributed by atoms with Crippen molar-refractivity contribution in [3.8, 4) is 0 Å². The summed E-state index contributed by atoms with van der Waals surface area (Å²) in [6, 6.07) is 10.9. The zero-order chi connectivity index (χ0) is 8.67. The predicted molar refractivity (Wildman–Crippen MR) is 54.3 cm³/mol. The summed E-state index contributed by atoms with van der Waals surface area (Å²) in [5, 5.41) is 0. The van der Waals surface area contributed by atoms with Crippen LogP contribution in [0.15, 0.2) is 42.5 Å². The number of hydrogen-bond donors (Lipinski definition) is 0. The van der Waals surface area contributed by atoms with Crippen LogP contribution in [-0.4, -0.2) is 0 Å². The van der Waals surface area contributed by atoms with Gasteiger partial charge in [-0.1, -0.05) is 42.5 Å². The minimum absolute atomic E-state index is 0.779. The molecule has 1 saturated carbocycles. The molecule has 0 N–H and O–H groups in total. The van der Waals surface area contributed by atoms with Gasteiger partial charge in [0, 0.05) is 0 Å². The van der Waals surface area contributed by atoms with Gasteiger partial charge in [0.25, 0.3) is 0 Å². The van der Waals surface area contributed by atoms with Gasteiger partial charge in [-0.3, -0.25) is 0 Å². The lowest BCUT2D eigenvalue weighted by atomic mass is 9.87. The first-order chi connectivity index (χ1) is 6.43. The molecular weight excluding hydrogens is 156 g/mol. The standard InChI is InChI=1S/C13H13/c1-2-4-11(5-3-1)13-9-10-6-7-12(13)8-10/h1-7,12-13H,8-9H2. The Labute approximate surface area is 79.3 Å². The third-order valence-electron chi connectivity index (χ3n) is 3.30. The van der Waals surface area contributed by atoms with Crippen molar-refractivity contribution in [2.75, 3.05) is 0 Å². The molecule has 65 valence electrons. The first kappa shape index (κ1) is 7.37. The van der Waals surface area contributed by atoms with Crippen molar-refractivity contribution in [1.29, 1.82) is 0 Å². The normalized spacial score (nSPS) is 31.4. The maximum Gasteiger partial charge on any atom is -0.00150 e. The molecule has 0 nitrogen and oxygen atoms in total. The Balaban J connectivity index is 1.92. The van der Waals surface area contributed by atoms with Gasteiger partial charge < -0.3 is 0 Å². The van der Waals surface area contributed by atoms with Crippen LogP contribution in [0.2, 0.25) is 0 Å². The molecule has 2 bridgehead atoms. The third-order valence-corrected chi connectivity index (χ3v) is 3.30. The van der Waals surface area contributed by atoms with Gasteiger partial charge in [0.05, 0.1) is 0 Å². The van der Waals surface area contributed by atoms with E-state index in [1.165, 1.54) is 18.4 Å². The zero-order valence-electron chi connectivity index (χ0n) is 7.61. The van der Waals surface area contributed by atoms with E-state index in [0.717, 1.165) is 11.8 Å². The largest absolute Gasteiger partial charge is 0.0842 e. The monoisotopic (exact) mass is 169 g/mol. The Hall–Kier alpha value is -1.04. The maximum absolute atomic E-state index is 2.39. The molecule has 13 heavy (non-hydrogen) atoms. The van der Waals surface area contributed by atoms with Crippen LogP contribution in [0.1, 0.15) is 24.3 Å². The molecule has 2 aliphatic carbocycles. The summed E-state index contributed by atoms with van der Waals surface area (Å²) in [5.41, 5.74) is 1.52. The summed E-state index contributed by atoms with van der Waals surface area (Å²) in [7, 11) is 0. The molecular formula is C13H13. The lowest BCUT2D eigenvalue weighted by Crippen LogP contribution is -2.03. The van der Waals surface area contributed by atoms with Crippen LogP contribution < -0.4 is 0 Å². The number of fused-ring (bicyclic) bond motifs is 2. The smallest absolute Gasteiger partial charge is 0.00150 e. The summed E-state index contributed by atoms with van der Waals surface area (Å²) in [6.07, 6.45) is 7.32. The fourth-order valence-corrected chi connectivity index (χ4v) is 2.63. The van der Waals surface area contributed by atoms with Gasteiger partial charge in [0.1, 0.15) is 0 Å². The summed E-state index contributed by atoms with van der Waals surface area (Å²) >= 11 is 0. The second-order valence-corrected chi connectivity index (χ2v) is 4.11. The average Bonchev–Trinajstić information content (AvgIpc) is 2.80. The molecule has 1 radical (unpaired) electrons. The van der Waals surface area contributed by atoms with Gasteiger partial charge in [-0.05, 0) is 36.2 Å². The van der Waals surface area contributed by atoms with Crippen LogP contribution in [0.25, 0.3) is 0 Å². The SMILES string of the molecule is C1=CC2C[C]1CC2c1ccccc1. The highest BCUT2D eigenvalue weighted by Gasteiger charge is 2.36. The average molecular weight is 169 g/mol. The van der Waals surface area contributed by atoms with Crippen molar-refractivity contribution in [2.24, 2.45) is 5.92 Å². The van der Waals surface area contributed by atoms with Crippen molar-refractivity contribution in [2.45, 2.75) is 18.8 Å². The number of rotatable bonds is 1. The second kappa shape index (κ2) is 2.73. The number of allylic oxidation sites excluding steroid dienone is 2. The van der Waals surface area contributed by atoms with Gasteiger partial charge in [-0.15, -0.1) is 0 Å². The van der Waals surface area contributed by atoms with Crippen molar-refractivity contribution in [3.63, 3.8) is 0 Å². The molecule has 2 atom stereocenters. The van der Waals surface area contributed by atoms with E-state index in [4.69, 9.17) is 0 Å². The van der Waals surface area contributed by atoms with E-state index in [2.05, 4.69) is 42.5 Å². The molecule has 3 rings (SSSR count). The van der Waals surface area contributed by atoms with E-state index in [1.54, 1.807) is 5.92 Å².